The number of nitriles is 1. The second kappa shape index (κ2) is 14.4. The Bertz CT molecular complexity index is 1710. The number of esters is 1. The Hall–Kier alpha value is -4.63. The van der Waals surface area contributed by atoms with Gasteiger partial charge in [-0.15, -0.1) is 0 Å². The molecule has 3 aromatic carbocycles. The second-order valence-corrected chi connectivity index (χ2v) is 11.9. The Morgan fingerprint density at radius 3 is 2.24 bits per heavy atom. The monoisotopic (exact) mass is 625 g/mol. The molecule has 0 aliphatic carbocycles. The molecule has 1 saturated heterocycles. The number of hydrogen-bond acceptors (Lipinski definition) is 10. The zero-order valence-electron chi connectivity index (χ0n) is 25.8. The molecule has 2 heterocycles. The normalized spacial score (nSPS) is 14.1. The van der Waals surface area contributed by atoms with Crippen molar-refractivity contribution in [3.63, 3.8) is 0 Å². The van der Waals surface area contributed by atoms with Gasteiger partial charge in [0, 0.05) is 32.7 Å². The molecular formula is C34H35N5O5S. The van der Waals surface area contributed by atoms with E-state index in [2.05, 4.69) is 20.9 Å². The summed E-state index contributed by atoms with van der Waals surface area (Å²) in [6, 6.07) is 21.2. The van der Waals surface area contributed by atoms with Crippen LogP contribution >= 0.6 is 0 Å². The van der Waals surface area contributed by atoms with E-state index in [0.717, 1.165) is 47.5 Å². The van der Waals surface area contributed by atoms with Crippen molar-refractivity contribution in [1.29, 1.82) is 5.26 Å². The Morgan fingerprint density at radius 1 is 0.978 bits per heavy atom. The number of piperazine rings is 1. The maximum absolute atomic E-state index is 12.8. The quantitative estimate of drug-likeness (QED) is 0.206. The molecule has 1 aliphatic heterocycles. The lowest BCUT2D eigenvalue weighted by Crippen LogP contribution is -2.46. The van der Waals surface area contributed by atoms with Crippen LogP contribution in [0.1, 0.15) is 39.5 Å². The zero-order chi connectivity index (χ0) is 31.9. The maximum atomic E-state index is 12.8. The molecule has 0 spiro atoms. The molecule has 10 nitrogen and oxygen atoms in total. The maximum Gasteiger partial charge on any atom is 0.345 e. The lowest BCUT2D eigenvalue weighted by atomic mass is 9.99. The highest BCUT2D eigenvalue weighted by Gasteiger charge is 2.24. The Morgan fingerprint density at radius 2 is 1.64 bits per heavy atom. The van der Waals surface area contributed by atoms with Gasteiger partial charge in [0.25, 0.3) is 0 Å². The molecule has 1 aliphatic rings. The fourth-order valence-corrected chi connectivity index (χ4v) is 5.77. The summed E-state index contributed by atoms with van der Waals surface area (Å²) in [5.74, 6) is 0.682. The van der Waals surface area contributed by atoms with Crippen LogP contribution in [0, 0.1) is 25.2 Å². The first kappa shape index (κ1) is 31.8. The van der Waals surface area contributed by atoms with E-state index < -0.39 is 17.0 Å². The van der Waals surface area contributed by atoms with E-state index in [1.807, 2.05) is 62.4 Å². The summed E-state index contributed by atoms with van der Waals surface area (Å²) < 4.78 is 28.4. The molecular weight excluding hydrogens is 590 g/mol. The van der Waals surface area contributed by atoms with E-state index in [0.29, 0.717) is 35.2 Å². The van der Waals surface area contributed by atoms with Gasteiger partial charge >= 0.3 is 5.97 Å². The predicted octanol–water partition coefficient (Wildman–Crippen LogP) is 5.59. The summed E-state index contributed by atoms with van der Waals surface area (Å²) in [6.07, 6.45) is 1.48. The minimum atomic E-state index is -1.45. The van der Waals surface area contributed by atoms with E-state index in [1.165, 1.54) is 13.3 Å². The van der Waals surface area contributed by atoms with Crippen molar-refractivity contribution in [2.24, 2.45) is 0 Å². The summed E-state index contributed by atoms with van der Waals surface area (Å²) in [7, 11) is 1.42. The van der Waals surface area contributed by atoms with Crippen molar-refractivity contribution in [1.82, 2.24) is 14.9 Å². The predicted molar refractivity (Wildman–Crippen MR) is 171 cm³/mol. The number of aromatic nitrogens is 2. The third-order valence-electron chi connectivity index (χ3n) is 7.57. The summed E-state index contributed by atoms with van der Waals surface area (Å²) in [5.41, 5.74) is 5.62. The number of carbonyl (C=O) groups excluding carboxylic acids is 1. The minimum absolute atomic E-state index is 0.145. The molecule has 1 atom stereocenters. The van der Waals surface area contributed by atoms with Crippen LogP contribution in [0.15, 0.2) is 71.8 Å². The van der Waals surface area contributed by atoms with Crippen molar-refractivity contribution in [3.05, 3.63) is 94.7 Å². The molecule has 0 bridgehead atoms. The van der Waals surface area contributed by atoms with E-state index in [4.69, 9.17) is 23.9 Å². The largest absolute Gasteiger partial charge is 0.462 e. The van der Waals surface area contributed by atoms with Crippen molar-refractivity contribution >= 4 is 23.0 Å². The molecule has 0 amide bonds. The van der Waals surface area contributed by atoms with Crippen molar-refractivity contribution in [2.75, 3.05) is 44.8 Å². The second-order valence-electron chi connectivity index (χ2n) is 10.6. The Labute approximate surface area is 265 Å². The first-order valence-corrected chi connectivity index (χ1v) is 15.7. The smallest absolute Gasteiger partial charge is 0.345 e. The minimum Gasteiger partial charge on any atom is -0.462 e. The van der Waals surface area contributed by atoms with E-state index in [-0.39, 0.29) is 18.1 Å². The summed E-state index contributed by atoms with van der Waals surface area (Å²) in [6.45, 7) is 9.60. The molecule has 0 N–H and O–H groups in total. The van der Waals surface area contributed by atoms with E-state index in [9.17, 15) is 9.00 Å². The number of carbonyl (C=O) groups is 1. The van der Waals surface area contributed by atoms with Gasteiger partial charge in [0.05, 0.1) is 36.4 Å². The average Bonchev–Trinajstić information content (AvgIpc) is 3.06. The van der Waals surface area contributed by atoms with Gasteiger partial charge in [-0.1, -0.05) is 24.3 Å². The van der Waals surface area contributed by atoms with Gasteiger partial charge in [-0.2, -0.15) is 10.2 Å². The first-order chi connectivity index (χ1) is 21.8. The summed E-state index contributed by atoms with van der Waals surface area (Å²) in [4.78, 5) is 27.1. The number of nitrogens with zero attached hydrogens (tertiary/aromatic N) is 5. The van der Waals surface area contributed by atoms with Crippen molar-refractivity contribution in [3.8, 4) is 28.8 Å². The molecule has 1 fully saturated rings. The van der Waals surface area contributed by atoms with Crippen LogP contribution in [-0.4, -0.2) is 64.9 Å². The van der Waals surface area contributed by atoms with Gasteiger partial charge in [0.1, 0.15) is 11.3 Å². The van der Waals surface area contributed by atoms with Gasteiger partial charge in [-0.05, 0) is 85.0 Å². The van der Waals surface area contributed by atoms with Crippen LogP contribution in [0.3, 0.4) is 0 Å². The van der Waals surface area contributed by atoms with Crippen molar-refractivity contribution in [2.45, 2.75) is 32.2 Å². The molecule has 5 rings (SSSR count). The lowest BCUT2D eigenvalue weighted by Gasteiger charge is -2.34. The van der Waals surface area contributed by atoms with Crippen LogP contribution in [0.2, 0.25) is 0 Å². The van der Waals surface area contributed by atoms with Crippen LogP contribution < -0.4 is 9.64 Å². The third kappa shape index (κ3) is 7.54. The molecule has 1 unspecified atom stereocenters. The molecule has 11 heteroatoms. The SMILES string of the molecule is CCOC(=O)c1cnc(N2CCN(Cc3ccc(S(=O)OC)cc3)CC2)nc1Oc1c(C)cc(-c2ccc(C#N)cc2)cc1C. The molecule has 1 aromatic heterocycles. The van der Waals surface area contributed by atoms with Crippen LogP contribution in [-0.2, 0) is 26.5 Å². The Balaban J connectivity index is 1.33. The van der Waals surface area contributed by atoms with E-state index in [1.54, 1.807) is 19.1 Å². The lowest BCUT2D eigenvalue weighted by molar-refractivity contribution is 0.0522. The summed E-state index contributed by atoms with van der Waals surface area (Å²) in [5, 5.41) is 9.13. The average molecular weight is 626 g/mol. The highest BCUT2D eigenvalue weighted by molar-refractivity contribution is 7.80. The first-order valence-electron chi connectivity index (χ1n) is 14.7. The molecule has 0 saturated carbocycles. The van der Waals surface area contributed by atoms with Gasteiger partial charge < -0.3 is 14.4 Å². The van der Waals surface area contributed by atoms with Gasteiger partial charge in [0.2, 0.25) is 11.8 Å². The number of ether oxygens (including phenoxy) is 2. The highest BCUT2D eigenvalue weighted by atomic mass is 32.2. The Kier molecular flexibility index (Phi) is 10.2. The number of benzene rings is 3. The number of hydrogen-bond donors (Lipinski definition) is 0. The fraction of sp³-hybridized carbons (Fsp3) is 0.294. The molecule has 232 valence electrons. The van der Waals surface area contributed by atoms with Crippen LogP contribution in [0.5, 0.6) is 11.6 Å². The number of aryl methyl sites for hydroxylation is 2. The molecule has 0 radical (unpaired) electrons. The number of anilines is 1. The zero-order valence-corrected chi connectivity index (χ0v) is 26.6. The topological polar surface area (TPSA) is 118 Å². The van der Waals surface area contributed by atoms with E-state index >= 15 is 0 Å². The standard InChI is InChI=1S/C34H35N5O5S/c1-5-43-33(40)30-21-36-34(39-16-14-38(15-17-39)22-26-8-12-29(13-9-26)45(41)42-4)37-32(30)44-31-23(2)18-28(19-24(31)3)27-10-6-25(20-35)7-11-27/h6-13,18-19,21H,5,14-17,22H2,1-4H3. The van der Waals surface area contributed by atoms with Gasteiger partial charge in [-0.25, -0.2) is 14.0 Å². The highest BCUT2D eigenvalue weighted by Crippen LogP contribution is 2.35. The fourth-order valence-electron chi connectivity index (χ4n) is 5.21. The van der Waals surface area contributed by atoms with Gasteiger partial charge in [-0.3, -0.25) is 9.08 Å². The van der Waals surface area contributed by atoms with Crippen molar-refractivity contribution < 1.29 is 22.7 Å². The summed E-state index contributed by atoms with van der Waals surface area (Å²) >= 11 is -1.45. The van der Waals surface area contributed by atoms with Crippen LogP contribution in [0.25, 0.3) is 11.1 Å². The van der Waals surface area contributed by atoms with Crippen LogP contribution in [0.4, 0.5) is 5.95 Å². The van der Waals surface area contributed by atoms with Gasteiger partial charge in [0.15, 0.2) is 11.1 Å². The number of rotatable bonds is 10. The third-order valence-corrected chi connectivity index (χ3v) is 8.53. The molecule has 45 heavy (non-hydrogen) atoms. The molecule has 4 aromatic rings.